The van der Waals surface area contributed by atoms with Crippen molar-refractivity contribution >= 4 is 33.4 Å². The maximum atomic E-state index is 12.6. The van der Waals surface area contributed by atoms with E-state index in [-0.39, 0.29) is 6.04 Å². The van der Waals surface area contributed by atoms with Crippen LogP contribution < -0.4 is 5.32 Å². The highest BCUT2D eigenvalue weighted by atomic mass is 79.9. The summed E-state index contributed by atoms with van der Waals surface area (Å²) in [5.41, 5.74) is 1.88. The summed E-state index contributed by atoms with van der Waals surface area (Å²) in [5, 5.41) is 3.37. The molecule has 0 fully saturated rings. The van der Waals surface area contributed by atoms with Gasteiger partial charge in [-0.05, 0) is 36.2 Å². The van der Waals surface area contributed by atoms with Crippen LogP contribution in [0.25, 0.3) is 0 Å². The summed E-state index contributed by atoms with van der Waals surface area (Å²) in [6, 6.07) is 15.3. The highest BCUT2D eigenvalue weighted by Gasteiger charge is 2.14. The van der Waals surface area contributed by atoms with E-state index in [1.165, 1.54) is 0 Å². The van der Waals surface area contributed by atoms with Gasteiger partial charge >= 0.3 is 0 Å². The lowest BCUT2D eigenvalue weighted by Crippen LogP contribution is -2.10. The number of alkyl halides is 2. The lowest BCUT2D eigenvalue weighted by molar-refractivity contribution is 0.252. The Kier molecular flexibility index (Phi) is 6.06. The molecule has 0 heterocycles. The molecule has 0 aliphatic rings. The van der Waals surface area contributed by atoms with Gasteiger partial charge in [0.25, 0.3) is 5.76 Å². The average Bonchev–Trinajstić information content (AvgIpc) is 2.47. The van der Waals surface area contributed by atoms with Gasteiger partial charge < -0.3 is 5.32 Å². The molecule has 21 heavy (non-hydrogen) atoms. The number of anilines is 1. The first-order valence-electron chi connectivity index (χ1n) is 6.66. The van der Waals surface area contributed by atoms with Gasteiger partial charge in [-0.25, -0.2) is 0 Å². The van der Waals surface area contributed by atoms with E-state index in [0.717, 1.165) is 22.1 Å². The fraction of sp³-hybridized carbons (Fsp3) is 0.250. The summed E-state index contributed by atoms with van der Waals surface area (Å²) in [4.78, 5) is 0.572. The molecule has 0 aliphatic carbocycles. The van der Waals surface area contributed by atoms with Crippen molar-refractivity contribution in [3.05, 3.63) is 58.6 Å². The molecule has 1 N–H and O–H groups in total. The van der Waals surface area contributed by atoms with Crippen LogP contribution in [-0.4, -0.2) is 5.76 Å². The molecule has 0 amide bonds. The predicted molar refractivity (Wildman–Crippen MR) is 89.1 cm³/mol. The van der Waals surface area contributed by atoms with E-state index in [9.17, 15) is 8.78 Å². The maximum Gasteiger partial charge on any atom is 0.288 e. The lowest BCUT2D eigenvalue weighted by atomic mass is 10.0. The van der Waals surface area contributed by atoms with Crippen molar-refractivity contribution in [2.24, 2.45) is 0 Å². The van der Waals surface area contributed by atoms with Crippen LogP contribution in [0.1, 0.15) is 24.9 Å². The summed E-state index contributed by atoms with van der Waals surface area (Å²) < 4.78 is 26.3. The average molecular weight is 372 g/mol. The molecule has 0 aliphatic heterocycles. The summed E-state index contributed by atoms with van der Waals surface area (Å²) >= 11 is 3.99. The number of halogens is 3. The first-order chi connectivity index (χ1) is 10.1. The number of hydrogen-bond donors (Lipinski definition) is 1. The zero-order chi connectivity index (χ0) is 15.2. The molecule has 1 nitrogen and oxygen atoms in total. The Morgan fingerprint density at radius 2 is 1.76 bits per heavy atom. The van der Waals surface area contributed by atoms with Crippen LogP contribution >= 0.6 is 27.7 Å². The van der Waals surface area contributed by atoms with Gasteiger partial charge in [-0.15, -0.1) is 0 Å². The molecule has 2 aromatic carbocycles. The number of thioether (sulfide) groups is 1. The van der Waals surface area contributed by atoms with Crippen molar-refractivity contribution < 1.29 is 8.78 Å². The Labute approximate surface area is 136 Å². The van der Waals surface area contributed by atoms with E-state index in [1.807, 2.05) is 36.4 Å². The minimum atomic E-state index is -2.42. The molecular weight excluding hydrogens is 356 g/mol. The van der Waals surface area contributed by atoms with E-state index in [0.29, 0.717) is 16.7 Å². The molecule has 0 bridgehead atoms. The van der Waals surface area contributed by atoms with E-state index in [4.69, 9.17) is 0 Å². The van der Waals surface area contributed by atoms with Crippen LogP contribution in [0.4, 0.5) is 14.5 Å². The van der Waals surface area contributed by atoms with Gasteiger partial charge in [0.05, 0.1) is 6.04 Å². The second-order valence-electron chi connectivity index (χ2n) is 4.53. The Bertz CT molecular complexity index is 575. The molecule has 2 rings (SSSR count). The monoisotopic (exact) mass is 371 g/mol. The molecule has 0 spiro atoms. The van der Waals surface area contributed by atoms with Gasteiger partial charge in [-0.1, -0.05) is 58.9 Å². The van der Waals surface area contributed by atoms with Crippen molar-refractivity contribution in [1.29, 1.82) is 0 Å². The first kappa shape index (κ1) is 16.3. The van der Waals surface area contributed by atoms with Crippen LogP contribution in [0.2, 0.25) is 0 Å². The molecule has 0 radical (unpaired) electrons. The van der Waals surface area contributed by atoms with Crippen molar-refractivity contribution in [3.63, 3.8) is 0 Å². The Hall–Kier alpha value is -1.07. The van der Waals surface area contributed by atoms with E-state index < -0.39 is 5.76 Å². The Balaban J connectivity index is 2.20. The van der Waals surface area contributed by atoms with Gasteiger partial charge in [0.1, 0.15) is 0 Å². The number of hydrogen-bond acceptors (Lipinski definition) is 2. The first-order valence-corrected chi connectivity index (χ1v) is 8.33. The van der Waals surface area contributed by atoms with Crippen molar-refractivity contribution in [1.82, 2.24) is 0 Å². The van der Waals surface area contributed by atoms with E-state index in [2.05, 4.69) is 28.2 Å². The summed E-state index contributed by atoms with van der Waals surface area (Å²) in [7, 11) is 0. The number of nitrogens with one attached hydrogen (secondary N) is 1. The normalized spacial score (nSPS) is 12.4. The SMILES string of the molecule is CCC(Nc1ccccc1SC(F)F)c1ccc(Br)cc1. The fourth-order valence-corrected chi connectivity index (χ4v) is 2.96. The topological polar surface area (TPSA) is 12.0 Å². The second kappa shape index (κ2) is 7.80. The third-order valence-corrected chi connectivity index (χ3v) is 4.43. The number of benzene rings is 2. The minimum Gasteiger partial charge on any atom is -0.377 e. The predicted octanol–water partition coefficient (Wildman–Crippen LogP) is 6.33. The van der Waals surface area contributed by atoms with Crippen LogP contribution in [0.3, 0.4) is 0 Å². The van der Waals surface area contributed by atoms with Crippen molar-refractivity contribution in [2.75, 3.05) is 5.32 Å². The van der Waals surface area contributed by atoms with Gasteiger partial charge in [0.2, 0.25) is 0 Å². The van der Waals surface area contributed by atoms with Gasteiger partial charge in [0, 0.05) is 15.1 Å². The Morgan fingerprint density at radius 3 is 2.38 bits per heavy atom. The largest absolute Gasteiger partial charge is 0.377 e. The Morgan fingerprint density at radius 1 is 1.10 bits per heavy atom. The van der Waals surface area contributed by atoms with Crippen LogP contribution in [0, 0.1) is 0 Å². The molecule has 1 unspecified atom stereocenters. The molecular formula is C16H16BrF2NS. The van der Waals surface area contributed by atoms with E-state index >= 15 is 0 Å². The van der Waals surface area contributed by atoms with Crippen molar-refractivity contribution in [3.8, 4) is 0 Å². The number of rotatable bonds is 6. The molecule has 2 aromatic rings. The highest BCUT2D eigenvalue weighted by molar-refractivity contribution is 9.10. The van der Waals surface area contributed by atoms with Gasteiger partial charge in [-0.3, -0.25) is 0 Å². The lowest BCUT2D eigenvalue weighted by Gasteiger charge is -2.21. The molecule has 1 atom stereocenters. The second-order valence-corrected chi connectivity index (χ2v) is 6.48. The van der Waals surface area contributed by atoms with Crippen LogP contribution in [0.15, 0.2) is 57.9 Å². The number of para-hydroxylation sites is 1. The van der Waals surface area contributed by atoms with Gasteiger partial charge in [0.15, 0.2) is 0 Å². The zero-order valence-corrected chi connectivity index (χ0v) is 13.9. The third-order valence-electron chi connectivity index (χ3n) is 3.11. The molecule has 0 saturated heterocycles. The summed E-state index contributed by atoms with van der Waals surface area (Å²) in [6.45, 7) is 2.07. The molecule has 5 heteroatoms. The standard InChI is InChI=1S/C16H16BrF2NS/c1-2-13(11-7-9-12(17)10-8-11)20-14-5-3-4-6-15(14)21-16(18)19/h3-10,13,16,20H,2H2,1H3. The molecule has 0 aromatic heterocycles. The minimum absolute atomic E-state index is 0.0949. The highest BCUT2D eigenvalue weighted by Crippen LogP contribution is 2.34. The summed E-state index contributed by atoms with van der Waals surface area (Å²) in [6.07, 6.45) is 0.870. The third kappa shape index (κ3) is 4.71. The van der Waals surface area contributed by atoms with Crippen molar-refractivity contribution in [2.45, 2.75) is 30.0 Å². The van der Waals surface area contributed by atoms with Gasteiger partial charge in [-0.2, -0.15) is 8.78 Å². The fourth-order valence-electron chi connectivity index (χ4n) is 2.09. The molecule has 112 valence electrons. The zero-order valence-electron chi connectivity index (χ0n) is 11.5. The summed E-state index contributed by atoms with van der Waals surface area (Å²) in [5.74, 6) is -2.42. The van der Waals surface area contributed by atoms with Crippen LogP contribution in [0.5, 0.6) is 0 Å². The maximum absolute atomic E-state index is 12.6. The van der Waals surface area contributed by atoms with E-state index in [1.54, 1.807) is 12.1 Å². The van der Waals surface area contributed by atoms with Crippen LogP contribution in [-0.2, 0) is 0 Å². The molecule has 0 saturated carbocycles. The smallest absolute Gasteiger partial charge is 0.288 e. The quantitative estimate of drug-likeness (QED) is 0.595.